The SMILES string of the molecule is O=c1[nH]c(N2CCOCC2)nc(NC2CCCNC2)c1-c1nc2c(s1)C=CC(Cl)C2. The molecule has 0 amide bonds. The molecule has 2 fully saturated rings. The molecule has 5 rings (SSSR count). The maximum Gasteiger partial charge on any atom is 0.264 e. The van der Waals surface area contributed by atoms with E-state index in [1.165, 1.54) is 11.3 Å². The van der Waals surface area contributed by atoms with Gasteiger partial charge in [0.25, 0.3) is 5.56 Å². The van der Waals surface area contributed by atoms with Crippen LogP contribution in [0.1, 0.15) is 23.4 Å². The van der Waals surface area contributed by atoms with Crippen molar-refractivity contribution >= 4 is 40.8 Å². The number of ether oxygens (including phenoxy) is 1. The lowest BCUT2D eigenvalue weighted by atomic mass is 10.1. The summed E-state index contributed by atoms with van der Waals surface area (Å²) < 4.78 is 5.44. The minimum atomic E-state index is -0.171. The van der Waals surface area contributed by atoms with Gasteiger partial charge in [0.1, 0.15) is 16.4 Å². The number of thiazole rings is 1. The van der Waals surface area contributed by atoms with Gasteiger partial charge in [-0.05, 0) is 25.5 Å². The van der Waals surface area contributed by atoms with Gasteiger partial charge in [0, 0.05) is 32.1 Å². The molecule has 10 heteroatoms. The van der Waals surface area contributed by atoms with E-state index < -0.39 is 0 Å². The number of alkyl halides is 1. The molecule has 3 N–H and O–H groups in total. The number of morpholine rings is 1. The molecule has 0 bridgehead atoms. The van der Waals surface area contributed by atoms with Crippen LogP contribution in [-0.4, -0.2) is 65.8 Å². The molecule has 0 spiro atoms. The largest absolute Gasteiger partial charge is 0.378 e. The fourth-order valence-corrected chi connectivity index (χ4v) is 5.32. The number of nitrogens with one attached hydrogen (secondary N) is 3. The Bertz CT molecular complexity index is 994. The van der Waals surface area contributed by atoms with Gasteiger partial charge in [-0.2, -0.15) is 4.98 Å². The first-order valence-corrected chi connectivity index (χ1v) is 11.7. The molecule has 2 unspecified atom stereocenters. The van der Waals surface area contributed by atoms with Crippen molar-refractivity contribution in [2.75, 3.05) is 49.6 Å². The summed E-state index contributed by atoms with van der Waals surface area (Å²) >= 11 is 7.78. The molecule has 0 aromatic carbocycles. The standard InChI is InChI=1S/C20H25ClN6O2S/c21-12-3-4-15-14(10-12)24-19(30-15)16-17(23-13-2-1-5-22-11-13)25-20(26-18(16)28)27-6-8-29-9-7-27/h3-4,12-13,22H,1-2,5-11H2,(H2,23,25,26,28). The van der Waals surface area contributed by atoms with Crippen molar-refractivity contribution in [1.29, 1.82) is 0 Å². The average Bonchev–Trinajstić information content (AvgIpc) is 3.17. The quantitative estimate of drug-likeness (QED) is 0.616. The number of anilines is 2. The van der Waals surface area contributed by atoms with Gasteiger partial charge >= 0.3 is 0 Å². The maximum atomic E-state index is 13.2. The van der Waals surface area contributed by atoms with Crippen LogP contribution in [0.2, 0.25) is 0 Å². The van der Waals surface area contributed by atoms with Crippen LogP contribution in [0.15, 0.2) is 10.9 Å². The summed E-state index contributed by atoms with van der Waals surface area (Å²) in [5.41, 5.74) is 1.28. The van der Waals surface area contributed by atoms with Gasteiger partial charge in [-0.1, -0.05) is 6.08 Å². The van der Waals surface area contributed by atoms with Crippen LogP contribution >= 0.6 is 22.9 Å². The summed E-state index contributed by atoms with van der Waals surface area (Å²) in [6.07, 6.45) is 6.79. The highest BCUT2D eigenvalue weighted by atomic mass is 35.5. The molecule has 2 aromatic rings. The minimum absolute atomic E-state index is 0.0570. The molecular formula is C20H25ClN6O2S. The number of aromatic amines is 1. The van der Waals surface area contributed by atoms with Crippen molar-refractivity contribution in [3.05, 3.63) is 27.0 Å². The number of rotatable bonds is 4. The number of hydrogen-bond acceptors (Lipinski definition) is 8. The van der Waals surface area contributed by atoms with Gasteiger partial charge in [-0.15, -0.1) is 22.9 Å². The molecule has 2 atom stereocenters. The van der Waals surface area contributed by atoms with Gasteiger partial charge in [0.05, 0.1) is 29.2 Å². The fraction of sp³-hybridized carbons (Fsp3) is 0.550. The maximum absolute atomic E-state index is 13.2. The van der Waals surface area contributed by atoms with Crippen LogP contribution < -0.4 is 21.1 Å². The predicted molar refractivity (Wildman–Crippen MR) is 121 cm³/mol. The monoisotopic (exact) mass is 448 g/mol. The first-order valence-electron chi connectivity index (χ1n) is 10.4. The molecule has 30 heavy (non-hydrogen) atoms. The normalized spacial score (nSPS) is 24.0. The number of hydrogen-bond donors (Lipinski definition) is 3. The fourth-order valence-electron chi connectivity index (χ4n) is 4.05. The number of fused-ring (bicyclic) bond motifs is 1. The highest BCUT2D eigenvalue weighted by Gasteiger charge is 2.25. The summed E-state index contributed by atoms with van der Waals surface area (Å²) in [5.74, 6) is 1.19. The Balaban J connectivity index is 1.54. The predicted octanol–water partition coefficient (Wildman–Crippen LogP) is 2.07. The number of aromatic nitrogens is 3. The number of H-pyrrole nitrogens is 1. The van der Waals surface area contributed by atoms with E-state index in [9.17, 15) is 4.79 Å². The van der Waals surface area contributed by atoms with Crippen LogP contribution in [0.5, 0.6) is 0 Å². The van der Waals surface area contributed by atoms with Crippen LogP contribution in [0.3, 0.4) is 0 Å². The zero-order valence-electron chi connectivity index (χ0n) is 16.6. The second-order valence-corrected chi connectivity index (χ2v) is 9.40. The van der Waals surface area contributed by atoms with E-state index in [2.05, 4.69) is 20.5 Å². The zero-order chi connectivity index (χ0) is 20.5. The Labute approximate surface area is 183 Å². The number of nitrogens with zero attached hydrogens (tertiary/aromatic N) is 3. The van der Waals surface area contributed by atoms with Crippen LogP contribution in [0, 0.1) is 0 Å². The van der Waals surface area contributed by atoms with E-state index in [0.29, 0.717) is 55.1 Å². The summed E-state index contributed by atoms with van der Waals surface area (Å²) in [6, 6.07) is 0.228. The lowest BCUT2D eigenvalue weighted by molar-refractivity contribution is 0.122. The number of allylic oxidation sites excluding steroid dienone is 1. The van der Waals surface area contributed by atoms with Gasteiger partial charge in [-0.3, -0.25) is 9.78 Å². The Kier molecular flexibility index (Phi) is 5.77. The van der Waals surface area contributed by atoms with Crippen molar-refractivity contribution in [3.63, 3.8) is 0 Å². The Morgan fingerprint density at radius 2 is 2.17 bits per heavy atom. The van der Waals surface area contributed by atoms with E-state index in [1.54, 1.807) is 0 Å². The van der Waals surface area contributed by atoms with Crippen molar-refractivity contribution in [1.82, 2.24) is 20.3 Å². The summed E-state index contributed by atoms with van der Waals surface area (Å²) in [5, 5.41) is 7.57. The Morgan fingerprint density at radius 3 is 2.97 bits per heavy atom. The molecular weight excluding hydrogens is 424 g/mol. The van der Waals surface area contributed by atoms with Crippen LogP contribution in [-0.2, 0) is 11.2 Å². The molecule has 8 nitrogen and oxygen atoms in total. The molecule has 1 aliphatic carbocycles. The summed E-state index contributed by atoms with van der Waals surface area (Å²) in [4.78, 5) is 28.9. The lowest BCUT2D eigenvalue weighted by Gasteiger charge is -2.29. The van der Waals surface area contributed by atoms with Crippen molar-refractivity contribution in [3.8, 4) is 10.6 Å². The first-order chi connectivity index (χ1) is 14.7. The third-order valence-electron chi connectivity index (χ3n) is 5.64. The third kappa shape index (κ3) is 4.12. The van der Waals surface area contributed by atoms with E-state index in [4.69, 9.17) is 26.3 Å². The Hall–Kier alpha value is -1.94. The molecule has 160 valence electrons. The van der Waals surface area contributed by atoms with Crippen molar-refractivity contribution in [2.24, 2.45) is 0 Å². The van der Waals surface area contributed by atoms with Gasteiger partial charge in [-0.25, -0.2) is 4.98 Å². The van der Waals surface area contributed by atoms with Crippen molar-refractivity contribution in [2.45, 2.75) is 30.7 Å². The third-order valence-corrected chi connectivity index (χ3v) is 7.02. The second-order valence-electron chi connectivity index (χ2n) is 7.81. The number of piperidine rings is 1. The number of halogens is 1. The molecule has 0 radical (unpaired) electrons. The first kappa shape index (κ1) is 20.0. The highest BCUT2D eigenvalue weighted by molar-refractivity contribution is 7.16. The van der Waals surface area contributed by atoms with Gasteiger partial charge in [0.15, 0.2) is 0 Å². The van der Waals surface area contributed by atoms with Gasteiger partial charge in [0.2, 0.25) is 5.95 Å². The molecule has 2 aliphatic heterocycles. The summed E-state index contributed by atoms with van der Waals surface area (Å²) in [6.45, 7) is 4.56. The van der Waals surface area contributed by atoms with E-state index in [-0.39, 0.29) is 17.0 Å². The van der Waals surface area contributed by atoms with Crippen LogP contribution in [0.25, 0.3) is 16.6 Å². The summed E-state index contributed by atoms with van der Waals surface area (Å²) in [7, 11) is 0. The van der Waals surface area contributed by atoms with Gasteiger partial charge < -0.3 is 20.3 Å². The second kappa shape index (κ2) is 8.66. The zero-order valence-corrected chi connectivity index (χ0v) is 18.2. The topological polar surface area (TPSA) is 95.2 Å². The molecule has 3 aliphatic rings. The molecule has 4 heterocycles. The molecule has 0 saturated carbocycles. The average molecular weight is 449 g/mol. The van der Waals surface area contributed by atoms with E-state index >= 15 is 0 Å². The molecule has 2 aromatic heterocycles. The smallest absolute Gasteiger partial charge is 0.264 e. The lowest BCUT2D eigenvalue weighted by Crippen LogP contribution is -2.40. The van der Waals surface area contributed by atoms with E-state index in [0.717, 1.165) is 36.5 Å². The highest BCUT2D eigenvalue weighted by Crippen LogP contribution is 2.34. The molecule has 2 saturated heterocycles. The van der Waals surface area contributed by atoms with Crippen molar-refractivity contribution < 1.29 is 4.74 Å². The minimum Gasteiger partial charge on any atom is -0.378 e. The Morgan fingerprint density at radius 1 is 1.30 bits per heavy atom. The van der Waals surface area contributed by atoms with E-state index in [1.807, 2.05) is 12.2 Å². The van der Waals surface area contributed by atoms with Crippen LogP contribution in [0.4, 0.5) is 11.8 Å².